The van der Waals surface area contributed by atoms with Gasteiger partial charge in [-0.1, -0.05) is 0 Å². The number of hydrogen-bond acceptors (Lipinski definition) is 4. The number of nitrogens with zero attached hydrogens (tertiary/aromatic N) is 3. The lowest BCUT2D eigenvalue weighted by Crippen LogP contribution is -2.34. The Kier molecular flexibility index (Phi) is 4.22. The van der Waals surface area contributed by atoms with Gasteiger partial charge >= 0.3 is 18.3 Å². The van der Waals surface area contributed by atoms with Gasteiger partial charge in [-0.2, -0.15) is 35.1 Å². The Morgan fingerprint density at radius 3 is 2.21 bits per heavy atom. The van der Waals surface area contributed by atoms with Gasteiger partial charge in [0.05, 0.1) is 0 Å². The van der Waals surface area contributed by atoms with Crippen LogP contribution in [-0.2, 0) is 12.1 Å². The van der Waals surface area contributed by atoms with E-state index >= 15 is 0 Å². The number of nitrogen functional groups attached to an aromatic ring is 1. The summed E-state index contributed by atoms with van der Waals surface area (Å²) < 4.78 is 106. The maximum atomic E-state index is 13.9. The largest absolute Gasteiger partial charge is 0.458 e. The molecule has 3 aromatic rings. The Hall–Kier alpha value is -3.03. The molecular weight excluding hydrogens is 406 g/mol. The van der Waals surface area contributed by atoms with E-state index in [9.17, 15) is 39.9 Å². The van der Waals surface area contributed by atoms with Crippen molar-refractivity contribution in [3.8, 4) is 0 Å². The second-order valence-corrected chi connectivity index (χ2v) is 5.52. The number of nitrogens with two attached hydrogens (primary N) is 1. The number of pyridine rings is 2. The first-order chi connectivity index (χ1) is 12.8. The third kappa shape index (κ3) is 2.98. The number of hydrogen-bond donors (Lipinski definition) is 2. The van der Waals surface area contributed by atoms with Gasteiger partial charge in [-0.25, -0.2) is 15.8 Å². The van der Waals surface area contributed by atoms with Gasteiger partial charge in [-0.3, -0.25) is 14.6 Å². The van der Waals surface area contributed by atoms with Gasteiger partial charge in [0.25, 0.3) is 5.91 Å². The van der Waals surface area contributed by atoms with Gasteiger partial charge in [0, 0.05) is 17.1 Å². The van der Waals surface area contributed by atoms with E-state index in [0.717, 1.165) is 12.3 Å². The second kappa shape index (κ2) is 5.98. The van der Waals surface area contributed by atoms with Crippen molar-refractivity contribution in [2.24, 2.45) is 5.84 Å². The molecule has 0 saturated heterocycles. The number of amides is 1. The first-order valence-corrected chi connectivity index (χ1v) is 7.13. The van der Waals surface area contributed by atoms with E-state index in [-0.39, 0.29) is 11.7 Å². The fourth-order valence-electron chi connectivity index (χ4n) is 2.47. The van der Waals surface area contributed by atoms with E-state index in [1.807, 2.05) is 0 Å². The SMILES string of the molecule is NNC(=O)c1cn2c(ccc3c(C(F)(F)C(F)(F)F)cc(C(F)(F)F)nc32)n1. The lowest BCUT2D eigenvalue weighted by molar-refractivity contribution is -0.288. The molecule has 0 bridgehead atoms. The zero-order valence-corrected chi connectivity index (χ0v) is 13.2. The van der Waals surface area contributed by atoms with Crippen LogP contribution in [-0.4, -0.2) is 26.5 Å². The maximum Gasteiger partial charge on any atom is 0.458 e. The fourth-order valence-corrected chi connectivity index (χ4v) is 2.47. The summed E-state index contributed by atoms with van der Waals surface area (Å²) in [4.78, 5) is 18.4. The van der Waals surface area contributed by atoms with Crippen LogP contribution in [0.5, 0.6) is 0 Å². The molecule has 0 aliphatic heterocycles. The van der Waals surface area contributed by atoms with E-state index in [1.165, 1.54) is 0 Å². The number of halogens is 8. The van der Waals surface area contributed by atoms with E-state index in [2.05, 4.69) is 9.97 Å². The van der Waals surface area contributed by atoms with Crippen LogP contribution >= 0.6 is 0 Å². The predicted molar refractivity (Wildman–Crippen MR) is 77.1 cm³/mol. The average Bonchev–Trinajstić information content (AvgIpc) is 3.02. The minimum absolute atomic E-state index is 0.223. The lowest BCUT2D eigenvalue weighted by Gasteiger charge is -2.22. The Labute approximate surface area is 148 Å². The van der Waals surface area contributed by atoms with Crippen LogP contribution < -0.4 is 11.3 Å². The van der Waals surface area contributed by atoms with E-state index in [1.54, 1.807) is 5.43 Å². The van der Waals surface area contributed by atoms with Crippen LogP contribution in [0.25, 0.3) is 16.7 Å². The molecule has 0 spiro atoms. The van der Waals surface area contributed by atoms with Crippen LogP contribution in [0.1, 0.15) is 21.7 Å². The van der Waals surface area contributed by atoms with Crippen LogP contribution in [0.15, 0.2) is 24.4 Å². The number of alkyl halides is 8. The number of aromatic nitrogens is 3. The number of fused-ring (bicyclic) bond motifs is 3. The van der Waals surface area contributed by atoms with E-state index in [0.29, 0.717) is 10.5 Å². The van der Waals surface area contributed by atoms with Gasteiger partial charge < -0.3 is 0 Å². The predicted octanol–water partition coefficient (Wildman–Crippen LogP) is 3.16. The van der Waals surface area contributed by atoms with Crippen molar-refractivity contribution < 1.29 is 39.9 Å². The summed E-state index contributed by atoms with van der Waals surface area (Å²) in [6.07, 6.45) is -10.7. The monoisotopic (exact) mass is 413 g/mol. The highest BCUT2D eigenvalue weighted by atomic mass is 19.4. The van der Waals surface area contributed by atoms with E-state index < -0.39 is 52.2 Å². The quantitative estimate of drug-likeness (QED) is 0.293. The zero-order valence-electron chi connectivity index (χ0n) is 13.2. The highest BCUT2D eigenvalue weighted by Gasteiger charge is 2.60. The summed E-state index contributed by atoms with van der Waals surface area (Å²) in [5.74, 6) is -1.65. The molecule has 3 heterocycles. The molecule has 3 N–H and O–H groups in total. The number of carbonyl (C=O) groups excluding carboxylic acids is 1. The summed E-state index contributed by atoms with van der Waals surface area (Å²) >= 11 is 0. The molecule has 0 aromatic carbocycles. The van der Waals surface area contributed by atoms with Gasteiger partial charge in [0.2, 0.25) is 0 Å². The summed E-state index contributed by atoms with van der Waals surface area (Å²) in [6, 6.07) is 1.30. The van der Waals surface area contributed by atoms with Crippen molar-refractivity contribution in [3.05, 3.63) is 41.3 Å². The molecule has 0 unspecified atom stereocenters. The Bertz CT molecular complexity index is 1090. The fraction of sp³-hybridized carbons (Fsp3) is 0.214. The Balaban J connectivity index is 2.45. The molecule has 0 saturated carbocycles. The molecule has 14 heteroatoms. The number of hydrazine groups is 1. The summed E-state index contributed by atoms with van der Waals surface area (Å²) in [5, 5.41) is -0.903. The summed E-state index contributed by atoms with van der Waals surface area (Å²) in [5.41, 5.74) is -3.74. The zero-order chi connectivity index (χ0) is 21.1. The normalized spacial score (nSPS) is 13.3. The van der Waals surface area contributed by atoms with Gasteiger partial charge in [-0.15, -0.1) is 0 Å². The third-order valence-electron chi connectivity index (χ3n) is 3.75. The van der Waals surface area contributed by atoms with Gasteiger partial charge in [0.15, 0.2) is 0 Å². The minimum atomic E-state index is -6.15. The van der Waals surface area contributed by atoms with Crippen LogP contribution in [0, 0.1) is 0 Å². The van der Waals surface area contributed by atoms with Gasteiger partial charge in [0.1, 0.15) is 22.7 Å². The van der Waals surface area contributed by atoms with Crippen LogP contribution in [0.4, 0.5) is 35.1 Å². The molecule has 6 nitrogen and oxygen atoms in total. The first kappa shape index (κ1) is 19.7. The van der Waals surface area contributed by atoms with Gasteiger partial charge in [-0.05, 0) is 18.2 Å². The number of imidazole rings is 1. The molecule has 1 amide bonds. The van der Waals surface area contributed by atoms with Crippen LogP contribution in [0.3, 0.4) is 0 Å². The minimum Gasteiger partial charge on any atom is -0.289 e. The molecule has 0 fully saturated rings. The molecule has 0 radical (unpaired) electrons. The summed E-state index contributed by atoms with van der Waals surface area (Å²) in [7, 11) is 0. The standard InChI is InChI=1S/C14H7F8N5O/c15-12(16,14(20,21)22)6-3-8(13(17,18)19)25-10-5(6)1-2-9-24-7(4-27(9)10)11(28)26-23/h1-4H,23H2,(H,26,28). The molecule has 0 aliphatic carbocycles. The Morgan fingerprint density at radius 2 is 1.68 bits per heavy atom. The molecule has 0 aliphatic rings. The average molecular weight is 413 g/mol. The van der Waals surface area contributed by atoms with E-state index in [4.69, 9.17) is 5.84 Å². The summed E-state index contributed by atoms with van der Waals surface area (Å²) in [6.45, 7) is 0. The van der Waals surface area contributed by atoms with Crippen LogP contribution in [0.2, 0.25) is 0 Å². The lowest BCUT2D eigenvalue weighted by atomic mass is 10.0. The highest BCUT2D eigenvalue weighted by molar-refractivity contribution is 5.93. The molecular formula is C14H7F8N5O. The topological polar surface area (TPSA) is 85.3 Å². The van der Waals surface area contributed by atoms with Crippen molar-refractivity contribution in [1.29, 1.82) is 0 Å². The Morgan fingerprint density at radius 1 is 1.04 bits per heavy atom. The molecule has 0 atom stereocenters. The van der Waals surface area contributed by atoms with Crippen molar-refractivity contribution in [2.75, 3.05) is 0 Å². The van der Waals surface area contributed by atoms with Crippen molar-refractivity contribution in [2.45, 2.75) is 18.3 Å². The van der Waals surface area contributed by atoms with Crippen molar-refractivity contribution >= 4 is 22.6 Å². The highest BCUT2D eigenvalue weighted by Crippen LogP contribution is 2.47. The molecule has 3 aromatic heterocycles. The number of carbonyl (C=O) groups is 1. The smallest absolute Gasteiger partial charge is 0.289 e. The first-order valence-electron chi connectivity index (χ1n) is 7.13. The second-order valence-electron chi connectivity index (χ2n) is 5.52. The molecule has 28 heavy (non-hydrogen) atoms. The maximum absolute atomic E-state index is 13.9. The molecule has 3 rings (SSSR count). The third-order valence-corrected chi connectivity index (χ3v) is 3.75. The van der Waals surface area contributed by atoms with Crippen molar-refractivity contribution in [3.63, 3.8) is 0 Å². The number of rotatable bonds is 2. The van der Waals surface area contributed by atoms with Crippen molar-refractivity contribution in [1.82, 2.24) is 19.8 Å². The molecule has 150 valence electrons. The number of nitrogens with one attached hydrogen (secondary N) is 1.